The summed E-state index contributed by atoms with van der Waals surface area (Å²) in [6, 6.07) is 8.01. The van der Waals surface area contributed by atoms with E-state index < -0.39 is 0 Å². The Kier molecular flexibility index (Phi) is 7.09. The summed E-state index contributed by atoms with van der Waals surface area (Å²) in [4.78, 5) is 27.7. The first-order chi connectivity index (χ1) is 11.6. The van der Waals surface area contributed by atoms with Crippen molar-refractivity contribution >= 4 is 11.8 Å². The normalized spacial score (nSPS) is 15.1. The van der Waals surface area contributed by atoms with Crippen LogP contribution in [0.1, 0.15) is 37.7 Å². The molecule has 0 atom stereocenters. The van der Waals surface area contributed by atoms with Gasteiger partial charge in [0, 0.05) is 26.6 Å². The Balaban J connectivity index is 1.73. The quantitative estimate of drug-likeness (QED) is 0.771. The summed E-state index contributed by atoms with van der Waals surface area (Å²) in [5.74, 6) is 1.00. The molecule has 2 amide bonds. The van der Waals surface area contributed by atoms with E-state index in [1.54, 1.807) is 16.9 Å². The highest BCUT2D eigenvalue weighted by atomic mass is 16.5. The van der Waals surface area contributed by atoms with Gasteiger partial charge < -0.3 is 14.5 Å². The lowest BCUT2D eigenvalue weighted by Crippen LogP contribution is -2.41. The van der Waals surface area contributed by atoms with Gasteiger partial charge >= 0.3 is 0 Å². The van der Waals surface area contributed by atoms with Gasteiger partial charge in [0.05, 0.1) is 13.7 Å². The number of carbonyl (C=O) groups excluding carboxylic acids is 2. The van der Waals surface area contributed by atoms with Crippen LogP contribution in [0.3, 0.4) is 0 Å². The van der Waals surface area contributed by atoms with Crippen molar-refractivity contribution in [3.05, 3.63) is 29.8 Å². The molecule has 5 nitrogen and oxygen atoms in total. The minimum Gasteiger partial charge on any atom is -0.497 e. The van der Waals surface area contributed by atoms with Crippen LogP contribution in [-0.4, -0.2) is 55.4 Å². The van der Waals surface area contributed by atoms with Crippen LogP contribution in [0.5, 0.6) is 5.75 Å². The maximum atomic E-state index is 12.3. The van der Waals surface area contributed by atoms with Gasteiger partial charge in [-0.05, 0) is 43.4 Å². The van der Waals surface area contributed by atoms with Crippen molar-refractivity contribution in [2.45, 2.75) is 38.5 Å². The molecule has 0 spiro atoms. The smallest absolute Gasteiger partial charge is 0.241 e. The van der Waals surface area contributed by atoms with E-state index in [4.69, 9.17) is 4.74 Å². The molecule has 0 unspecified atom stereocenters. The van der Waals surface area contributed by atoms with Crippen molar-refractivity contribution in [2.24, 2.45) is 0 Å². The number of likely N-dealkylation sites (tertiary alicyclic amines) is 1. The maximum absolute atomic E-state index is 12.3. The third kappa shape index (κ3) is 5.55. The molecule has 1 heterocycles. The van der Waals surface area contributed by atoms with E-state index in [2.05, 4.69) is 12.1 Å². The molecule has 1 saturated heterocycles. The molecule has 0 aliphatic carbocycles. The highest BCUT2D eigenvalue weighted by Crippen LogP contribution is 2.13. The lowest BCUT2D eigenvalue weighted by molar-refractivity contribution is -0.139. The fraction of sp³-hybridized carbons (Fsp3) is 0.579. The first kappa shape index (κ1) is 18.3. The van der Waals surface area contributed by atoms with Gasteiger partial charge in [-0.2, -0.15) is 0 Å². The van der Waals surface area contributed by atoms with Crippen LogP contribution in [0, 0.1) is 0 Å². The van der Waals surface area contributed by atoms with Crippen LogP contribution in [0.2, 0.25) is 0 Å². The Morgan fingerprint density at radius 1 is 1.21 bits per heavy atom. The van der Waals surface area contributed by atoms with Gasteiger partial charge in [-0.15, -0.1) is 0 Å². The fourth-order valence-corrected chi connectivity index (χ4v) is 2.93. The van der Waals surface area contributed by atoms with Crippen molar-refractivity contribution < 1.29 is 14.3 Å². The number of amides is 2. The van der Waals surface area contributed by atoms with Crippen molar-refractivity contribution in [3.63, 3.8) is 0 Å². The van der Waals surface area contributed by atoms with E-state index in [-0.39, 0.29) is 18.4 Å². The molecule has 0 radical (unpaired) electrons. The molecule has 1 aliphatic heterocycles. The van der Waals surface area contributed by atoms with E-state index in [1.165, 1.54) is 5.56 Å². The number of nitrogens with zero attached hydrogens (tertiary/aromatic N) is 2. The zero-order chi connectivity index (χ0) is 17.4. The first-order valence-corrected chi connectivity index (χ1v) is 8.75. The summed E-state index contributed by atoms with van der Waals surface area (Å²) in [5, 5.41) is 0. The van der Waals surface area contributed by atoms with Gasteiger partial charge in [0.25, 0.3) is 0 Å². The van der Waals surface area contributed by atoms with Crippen molar-refractivity contribution in [1.29, 1.82) is 0 Å². The summed E-state index contributed by atoms with van der Waals surface area (Å²) in [7, 11) is 3.48. The van der Waals surface area contributed by atoms with Gasteiger partial charge in [-0.25, -0.2) is 0 Å². The summed E-state index contributed by atoms with van der Waals surface area (Å²) < 4.78 is 5.15. The second-order valence-corrected chi connectivity index (χ2v) is 6.39. The van der Waals surface area contributed by atoms with Gasteiger partial charge in [-0.3, -0.25) is 9.59 Å². The second kappa shape index (κ2) is 9.30. The molecule has 2 rings (SSSR count). The number of ether oxygens (including phenoxy) is 1. The fourth-order valence-electron chi connectivity index (χ4n) is 2.93. The molecule has 0 saturated carbocycles. The largest absolute Gasteiger partial charge is 0.497 e. The zero-order valence-corrected chi connectivity index (χ0v) is 14.8. The molecule has 1 aliphatic rings. The summed E-state index contributed by atoms with van der Waals surface area (Å²) in [5.41, 5.74) is 1.24. The van der Waals surface area contributed by atoms with E-state index in [9.17, 15) is 9.59 Å². The minimum absolute atomic E-state index is 0.0278. The molecule has 0 aromatic heterocycles. The monoisotopic (exact) mass is 332 g/mol. The lowest BCUT2D eigenvalue weighted by Gasteiger charge is -2.24. The Hall–Kier alpha value is -2.04. The van der Waals surface area contributed by atoms with E-state index in [0.717, 1.165) is 37.9 Å². The number of likely N-dealkylation sites (N-methyl/N-ethyl adjacent to an activating group) is 1. The topological polar surface area (TPSA) is 49.9 Å². The molecule has 0 N–H and O–H groups in total. The minimum atomic E-state index is 0.0278. The number of rotatable bonds is 7. The Morgan fingerprint density at radius 2 is 1.96 bits per heavy atom. The molecule has 132 valence electrons. The third-order valence-electron chi connectivity index (χ3n) is 4.54. The van der Waals surface area contributed by atoms with Gasteiger partial charge in [0.1, 0.15) is 5.75 Å². The predicted molar refractivity (Wildman–Crippen MR) is 94.0 cm³/mol. The van der Waals surface area contributed by atoms with E-state index in [1.807, 2.05) is 19.2 Å². The highest BCUT2D eigenvalue weighted by molar-refractivity contribution is 5.84. The highest BCUT2D eigenvalue weighted by Gasteiger charge is 2.20. The van der Waals surface area contributed by atoms with Gasteiger partial charge in [-0.1, -0.05) is 18.6 Å². The first-order valence-electron chi connectivity index (χ1n) is 8.75. The van der Waals surface area contributed by atoms with Crippen molar-refractivity contribution in [2.75, 3.05) is 33.8 Å². The summed E-state index contributed by atoms with van der Waals surface area (Å²) in [6.45, 7) is 1.63. The van der Waals surface area contributed by atoms with Crippen LogP contribution in [-0.2, 0) is 16.0 Å². The molecule has 1 fully saturated rings. The van der Waals surface area contributed by atoms with Crippen molar-refractivity contribution in [1.82, 2.24) is 9.80 Å². The molecule has 0 bridgehead atoms. The van der Waals surface area contributed by atoms with Crippen LogP contribution in [0.4, 0.5) is 0 Å². The number of hydrogen-bond donors (Lipinski definition) is 0. The molecule has 1 aromatic rings. The molecule has 1 aromatic carbocycles. The van der Waals surface area contributed by atoms with E-state index >= 15 is 0 Å². The Morgan fingerprint density at radius 3 is 2.67 bits per heavy atom. The number of aryl methyl sites for hydroxylation is 1. The summed E-state index contributed by atoms with van der Waals surface area (Å²) >= 11 is 0. The van der Waals surface area contributed by atoms with Gasteiger partial charge in [0.15, 0.2) is 0 Å². The van der Waals surface area contributed by atoms with E-state index in [0.29, 0.717) is 19.5 Å². The molecule has 5 heteroatoms. The van der Waals surface area contributed by atoms with Crippen LogP contribution in [0.25, 0.3) is 0 Å². The van der Waals surface area contributed by atoms with Gasteiger partial charge in [0.2, 0.25) is 11.8 Å². The van der Waals surface area contributed by atoms with Crippen molar-refractivity contribution in [3.8, 4) is 5.75 Å². The number of hydrogen-bond acceptors (Lipinski definition) is 3. The average molecular weight is 332 g/mol. The second-order valence-electron chi connectivity index (χ2n) is 6.39. The third-order valence-corrected chi connectivity index (χ3v) is 4.54. The standard InChI is InChI=1S/C19H28N2O3/c1-20(13-6-7-16-9-11-17(24-2)12-10-16)19(23)15-21-14-5-3-4-8-18(21)22/h9-12H,3-8,13-15H2,1-2H3. The number of benzene rings is 1. The number of methoxy groups -OCH3 is 1. The van der Waals surface area contributed by atoms with Crippen LogP contribution in [0.15, 0.2) is 24.3 Å². The summed E-state index contributed by atoms with van der Waals surface area (Å²) in [6.07, 6.45) is 5.43. The SMILES string of the molecule is COc1ccc(CCCN(C)C(=O)CN2CCCCCC2=O)cc1. The zero-order valence-electron chi connectivity index (χ0n) is 14.8. The average Bonchev–Trinajstić information content (AvgIpc) is 2.80. The Labute approximate surface area is 144 Å². The molecular weight excluding hydrogens is 304 g/mol. The molecular formula is C19H28N2O3. The lowest BCUT2D eigenvalue weighted by atomic mass is 10.1. The van der Waals surface area contributed by atoms with Crippen LogP contribution < -0.4 is 4.74 Å². The predicted octanol–water partition coefficient (Wildman–Crippen LogP) is 2.49. The number of carbonyl (C=O) groups is 2. The maximum Gasteiger partial charge on any atom is 0.241 e. The Bertz CT molecular complexity index is 542. The molecule has 24 heavy (non-hydrogen) atoms. The van der Waals surface area contributed by atoms with Crippen LogP contribution >= 0.6 is 0 Å².